The van der Waals surface area contributed by atoms with Crippen molar-refractivity contribution in [2.45, 2.75) is 0 Å². The second-order valence-electron chi connectivity index (χ2n) is 0.939. The highest BCUT2D eigenvalue weighted by atomic mass is 32.2. The van der Waals surface area contributed by atoms with Crippen LogP contribution in [0.15, 0.2) is 0 Å². The molecule has 0 saturated carbocycles. The van der Waals surface area contributed by atoms with Gasteiger partial charge in [-0.2, -0.15) is 0 Å². The van der Waals surface area contributed by atoms with Crippen molar-refractivity contribution in [3.8, 4) is 0 Å². The highest BCUT2D eigenvalue weighted by molar-refractivity contribution is 7.77. The minimum Gasteiger partial charge on any atom is -0.760 e. The smallest absolute Gasteiger partial charge is 0.0178 e. The second kappa shape index (κ2) is 10.1. The molecule has 1 atom stereocenters. The Bertz CT molecular complexity index is 59.2. The van der Waals surface area contributed by atoms with Gasteiger partial charge in [-0.1, -0.05) is 0 Å². The van der Waals surface area contributed by atoms with Crippen molar-refractivity contribution in [3.63, 3.8) is 0 Å². The molecule has 0 rings (SSSR count). The highest BCUT2D eigenvalue weighted by Gasteiger charge is 1.57. The average Bonchev–Trinajstić information content (AvgIpc) is 1.69. The Balaban J connectivity index is 0. The van der Waals surface area contributed by atoms with Gasteiger partial charge in [0.05, 0.1) is 0 Å². The van der Waals surface area contributed by atoms with Crippen LogP contribution in [0, 0.1) is 0 Å². The molecule has 2 N–H and O–H groups in total. The third kappa shape index (κ3) is 37.0. The quantitative estimate of drug-likeness (QED) is 0.450. The van der Waals surface area contributed by atoms with Crippen LogP contribution in [-0.4, -0.2) is 29.9 Å². The lowest BCUT2D eigenvalue weighted by molar-refractivity contribution is 0.529. The number of hydrogen-bond donors (Lipinski definition) is 2. The van der Waals surface area contributed by atoms with Crippen molar-refractivity contribution in [2.75, 3.05) is 21.1 Å². The molecule has 1 unspecified atom stereocenters. The van der Waals surface area contributed by atoms with Crippen LogP contribution >= 0.6 is 0 Å². The molecule has 0 aromatic heterocycles. The van der Waals surface area contributed by atoms with Gasteiger partial charge in [0.1, 0.15) is 0 Å². The summed E-state index contributed by atoms with van der Waals surface area (Å²) in [6.07, 6.45) is 0. The van der Waals surface area contributed by atoms with Gasteiger partial charge in [-0.25, -0.2) is 0 Å². The first-order valence-corrected chi connectivity index (χ1v) is 3.11. The summed E-state index contributed by atoms with van der Waals surface area (Å²) in [5.74, 6) is 0. The highest BCUT2D eigenvalue weighted by Crippen LogP contribution is 1.47. The zero-order valence-electron chi connectivity index (χ0n) is 5.22. The molecule has 0 radical (unpaired) electrons. The van der Waals surface area contributed by atoms with Gasteiger partial charge in [-0.05, 0) is 21.1 Å². The predicted octanol–water partition coefficient (Wildman–Crippen LogP) is -1.16. The van der Waals surface area contributed by atoms with E-state index in [9.17, 15) is 8.76 Å². The zero-order valence-corrected chi connectivity index (χ0v) is 6.04. The fourth-order valence-electron chi connectivity index (χ4n) is 0. The molecule has 0 amide bonds. The van der Waals surface area contributed by atoms with Crippen LogP contribution < -0.4 is 10.0 Å². The van der Waals surface area contributed by atoms with Gasteiger partial charge in [0.15, 0.2) is 0 Å². The van der Waals surface area contributed by atoms with Crippen LogP contribution in [0.3, 0.4) is 0 Å². The molecule has 52 valence electrons. The van der Waals surface area contributed by atoms with Gasteiger partial charge in [0.25, 0.3) is 0 Å². The number of rotatable bonds is 1. The summed E-state index contributed by atoms with van der Waals surface area (Å²) in [4.78, 5) is 0. The summed E-state index contributed by atoms with van der Waals surface area (Å²) in [7, 11) is 5.09. The first kappa shape index (κ1) is 10.9. The molecule has 0 spiro atoms. The van der Waals surface area contributed by atoms with E-state index in [0.717, 1.165) is 0 Å². The van der Waals surface area contributed by atoms with Crippen molar-refractivity contribution in [1.82, 2.24) is 10.0 Å². The van der Waals surface area contributed by atoms with Gasteiger partial charge < -0.3 is 9.87 Å². The van der Waals surface area contributed by atoms with Gasteiger partial charge in [-0.3, -0.25) is 8.93 Å². The molecule has 0 fully saturated rings. The molecule has 8 heavy (non-hydrogen) atoms. The van der Waals surface area contributed by atoms with E-state index in [-0.39, 0.29) is 0 Å². The lowest BCUT2D eigenvalue weighted by Gasteiger charge is -1.95. The van der Waals surface area contributed by atoms with Crippen LogP contribution in [0.25, 0.3) is 0 Å². The molecule has 0 aliphatic carbocycles. The zero-order chi connectivity index (χ0) is 6.99. The summed E-state index contributed by atoms with van der Waals surface area (Å²) >= 11 is -2.07. The maximum atomic E-state index is 9.26. The Morgan fingerprint density at radius 2 is 1.50 bits per heavy atom. The fourth-order valence-corrected chi connectivity index (χ4v) is 0. The van der Waals surface area contributed by atoms with E-state index in [0.29, 0.717) is 0 Å². The van der Waals surface area contributed by atoms with Crippen LogP contribution in [0.1, 0.15) is 0 Å². The Morgan fingerprint density at radius 3 is 1.50 bits per heavy atom. The molecule has 5 heteroatoms. The van der Waals surface area contributed by atoms with E-state index >= 15 is 0 Å². The van der Waals surface area contributed by atoms with Crippen LogP contribution in [0.4, 0.5) is 0 Å². The van der Waals surface area contributed by atoms with Crippen molar-refractivity contribution < 1.29 is 8.76 Å². The summed E-state index contributed by atoms with van der Waals surface area (Å²) in [6, 6.07) is 0. The van der Waals surface area contributed by atoms with E-state index in [1.807, 2.05) is 18.8 Å². The van der Waals surface area contributed by atoms with E-state index < -0.39 is 11.3 Å². The maximum Gasteiger partial charge on any atom is 0.0178 e. The monoisotopic (exact) mass is 139 g/mol. The topological polar surface area (TPSA) is 64.2 Å². The Morgan fingerprint density at radius 1 is 1.38 bits per heavy atom. The second-order valence-corrected chi connectivity index (χ2v) is 1.82. The van der Waals surface area contributed by atoms with Gasteiger partial charge in [0, 0.05) is 11.3 Å². The molecule has 4 nitrogen and oxygen atoms in total. The van der Waals surface area contributed by atoms with E-state index in [2.05, 4.69) is 5.32 Å². The predicted molar refractivity (Wildman–Crippen MR) is 33.0 cm³/mol. The van der Waals surface area contributed by atoms with Crippen LogP contribution in [0.5, 0.6) is 0 Å². The van der Waals surface area contributed by atoms with Crippen molar-refractivity contribution in [1.29, 1.82) is 0 Å². The minimum absolute atomic E-state index is 1.34. The molecular formula is C3H11N2O2S-. The maximum absolute atomic E-state index is 9.26. The van der Waals surface area contributed by atoms with Crippen molar-refractivity contribution in [3.05, 3.63) is 0 Å². The molecule has 0 saturated heterocycles. The van der Waals surface area contributed by atoms with Crippen molar-refractivity contribution >= 4 is 11.3 Å². The molecule has 0 bridgehead atoms. The molecular weight excluding hydrogens is 128 g/mol. The number of hydrogen-bond acceptors (Lipinski definition) is 3. The van der Waals surface area contributed by atoms with E-state index in [1.165, 1.54) is 7.05 Å². The van der Waals surface area contributed by atoms with Crippen LogP contribution in [-0.2, 0) is 11.3 Å². The lowest BCUT2D eigenvalue weighted by Crippen LogP contribution is -2.07. The Labute approximate surface area is 52.1 Å². The summed E-state index contributed by atoms with van der Waals surface area (Å²) < 4.78 is 20.5. The minimum atomic E-state index is -2.07. The Hall–Kier alpha value is 0.0300. The number of nitrogens with one attached hydrogen (secondary N) is 2. The molecule has 0 aliphatic rings. The van der Waals surface area contributed by atoms with Gasteiger partial charge in [0.2, 0.25) is 0 Å². The SMILES string of the molecule is CNC.CNS(=O)[O-]. The lowest BCUT2D eigenvalue weighted by atomic mass is 11.3. The normalized spacial score (nSPS) is 11.5. The summed E-state index contributed by atoms with van der Waals surface area (Å²) in [5, 5.41) is 2.75. The third-order valence-electron chi connectivity index (χ3n) is 0.167. The summed E-state index contributed by atoms with van der Waals surface area (Å²) in [5.41, 5.74) is 0. The van der Waals surface area contributed by atoms with E-state index in [4.69, 9.17) is 0 Å². The van der Waals surface area contributed by atoms with E-state index in [1.54, 1.807) is 0 Å². The molecule has 0 heterocycles. The first-order valence-electron chi connectivity index (χ1n) is 2.04. The summed E-state index contributed by atoms with van der Waals surface area (Å²) in [6.45, 7) is 0. The fraction of sp³-hybridized carbons (Fsp3) is 1.00. The molecule has 0 aromatic rings. The standard InChI is InChI=1S/C2H7N.CH5NO2S/c1-3-2;1-2-5(3)4/h3H,1-2H3;2H,1H3,(H,3,4)/p-1. The van der Waals surface area contributed by atoms with Gasteiger partial charge >= 0.3 is 0 Å². The van der Waals surface area contributed by atoms with Crippen LogP contribution in [0.2, 0.25) is 0 Å². The largest absolute Gasteiger partial charge is 0.760 e. The molecule has 0 aromatic carbocycles. The molecule has 0 aliphatic heterocycles. The first-order chi connectivity index (χ1) is 3.68. The average molecular weight is 139 g/mol. The Kier molecular flexibility index (Phi) is 13.8. The third-order valence-corrected chi connectivity index (χ3v) is 0.500. The van der Waals surface area contributed by atoms with Gasteiger partial charge in [-0.15, -0.1) is 0 Å². The van der Waals surface area contributed by atoms with Crippen molar-refractivity contribution in [2.24, 2.45) is 0 Å².